The van der Waals surface area contributed by atoms with Crippen LogP contribution in [-0.2, 0) is 32.7 Å². The van der Waals surface area contributed by atoms with Crippen LogP contribution in [0.5, 0.6) is 0 Å². The molecule has 0 saturated carbocycles. The molecule has 0 rings (SSSR count). The molecule has 0 radical (unpaired) electrons. The van der Waals surface area contributed by atoms with Crippen LogP contribution in [0.2, 0.25) is 0 Å². The second-order valence-electron chi connectivity index (χ2n) is 17.4. The first-order chi connectivity index (χ1) is 28.8. The van der Waals surface area contributed by atoms with Gasteiger partial charge in [-0.3, -0.25) is 18.6 Å². The highest BCUT2D eigenvalue weighted by Gasteiger charge is 2.26. The first kappa shape index (κ1) is 58.0. The van der Waals surface area contributed by atoms with E-state index in [9.17, 15) is 19.0 Å². The Morgan fingerprint density at radius 2 is 0.729 bits per heavy atom. The Morgan fingerprint density at radius 3 is 1.03 bits per heavy atom. The molecule has 2 unspecified atom stereocenters. The number of phosphoric ester groups is 1. The van der Waals surface area contributed by atoms with Gasteiger partial charge in [-0.1, -0.05) is 245 Å². The molecule has 0 aromatic rings. The van der Waals surface area contributed by atoms with Crippen LogP contribution in [0.3, 0.4) is 0 Å². The molecule has 3 N–H and O–H groups in total. The van der Waals surface area contributed by atoms with Gasteiger partial charge in [0.25, 0.3) is 0 Å². The average molecular weight is 860 g/mol. The fourth-order valence-corrected chi connectivity index (χ4v) is 8.46. The maximum absolute atomic E-state index is 12.6. The van der Waals surface area contributed by atoms with Crippen molar-refractivity contribution >= 4 is 19.8 Å². The smallest absolute Gasteiger partial charge is 0.462 e. The van der Waals surface area contributed by atoms with Crippen LogP contribution in [0, 0.1) is 0 Å². The Bertz CT molecular complexity index is 938. The fourth-order valence-electron chi connectivity index (χ4n) is 7.70. The van der Waals surface area contributed by atoms with Gasteiger partial charge in [-0.15, -0.1) is 0 Å². The number of phosphoric acid groups is 1. The molecule has 0 aromatic carbocycles. The lowest BCUT2D eigenvalue weighted by atomic mass is 10.0. The molecule has 0 aliphatic rings. The maximum atomic E-state index is 12.6. The molecule has 0 bridgehead atoms. The minimum atomic E-state index is -4.36. The lowest BCUT2D eigenvalue weighted by molar-refractivity contribution is -0.161. The van der Waals surface area contributed by atoms with Crippen LogP contribution in [-0.4, -0.2) is 49.3 Å². The lowest BCUT2D eigenvalue weighted by Gasteiger charge is -2.19. The molecule has 0 spiro atoms. The summed E-state index contributed by atoms with van der Waals surface area (Å²) in [4.78, 5) is 34.6. The Kier molecular flexibility index (Phi) is 45.7. The van der Waals surface area contributed by atoms with Crippen LogP contribution in [0.15, 0.2) is 0 Å². The molecule has 10 heteroatoms. The second-order valence-corrected chi connectivity index (χ2v) is 18.9. The zero-order valence-corrected chi connectivity index (χ0v) is 39.9. The van der Waals surface area contributed by atoms with Gasteiger partial charge in [0, 0.05) is 19.4 Å². The Morgan fingerprint density at radius 1 is 0.441 bits per heavy atom. The van der Waals surface area contributed by atoms with E-state index in [0.29, 0.717) is 6.42 Å². The summed E-state index contributed by atoms with van der Waals surface area (Å²) in [6.45, 7) is 3.71. The maximum Gasteiger partial charge on any atom is 0.472 e. The highest BCUT2D eigenvalue weighted by atomic mass is 31.2. The zero-order chi connectivity index (χ0) is 43.2. The van der Waals surface area contributed by atoms with Crippen LogP contribution in [0.25, 0.3) is 0 Å². The van der Waals surface area contributed by atoms with Crippen LogP contribution >= 0.6 is 7.82 Å². The largest absolute Gasteiger partial charge is 0.472 e. The third-order valence-corrected chi connectivity index (χ3v) is 12.5. The summed E-state index contributed by atoms with van der Waals surface area (Å²) in [6, 6.07) is 0. The summed E-state index contributed by atoms with van der Waals surface area (Å²) in [5.74, 6) is -0.823. The number of carbonyl (C=O) groups excluding carboxylic acids is 2. The van der Waals surface area contributed by atoms with Gasteiger partial charge in [-0.25, -0.2) is 4.57 Å². The molecule has 0 aliphatic carbocycles. The van der Waals surface area contributed by atoms with Crippen molar-refractivity contribution in [2.24, 2.45) is 5.73 Å². The molecular formula is C49H98NO8P. The average Bonchev–Trinajstić information content (AvgIpc) is 3.22. The van der Waals surface area contributed by atoms with E-state index in [1.807, 2.05) is 0 Å². The molecule has 0 saturated heterocycles. The summed E-state index contributed by atoms with van der Waals surface area (Å²) in [5, 5.41) is 0. The van der Waals surface area contributed by atoms with Gasteiger partial charge in [0.05, 0.1) is 13.2 Å². The van der Waals surface area contributed by atoms with E-state index in [1.165, 1.54) is 199 Å². The van der Waals surface area contributed by atoms with Crippen LogP contribution in [0.4, 0.5) is 0 Å². The number of unbranched alkanes of at least 4 members (excludes halogenated alkanes) is 36. The number of hydrogen-bond acceptors (Lipinski definition) is 8. The zero-order valence-electron chi connectivity index (χ0n) is 39.0. The Hall–Kier alpha value is -0.990. The third kappa shape index (κ3) is 46.3. The van der Waals surface area contributed by atoms with Gasteiger partial charge >= 0.3 is 19.8 Å². The van der Waals surface area contributed by atoms with E-state index in [1.54, 1.807) is 0 Å². The summed E-state index contributed by atoms with van der Waals surface area (Å²) < 4.78 is 32.6. The number of ether oxygens (including phenoxy) is 2. The summed E-state index contributed by atoms with van der Waals surface area (Å²) >= 11 is 0. The number of hydrogen-bond donors (Lipinski definition) is 2. The second kappa shape index (κ2) is 46.5. The molecule has 0 heterocycles. The Balaban J connectivity index is 3.68. The van der Waals surface area contributed by atoms with E-state index < -0.39 is 26.5 Å². The Labute approximate surface area is 365 Å². The van der Waals surface area contributed by atoms with Gasteiger partial charge < -0.3 is 20.1 Å². The molecule has 0 aliphatic heterocycles. The quantitative estimate of drug-likeness (QED) is 0.0348. The predicted molar refractivity (Wildman–Crippen MR) is 248 cm³/mol. The molecule has 0 amide bonds. The van der Waals surface area contributed by atoms with E-state index in [2.05, 4.69) is 13.8 Å². The number of rotatable bonds is 49. The van der Waals surface area contributed by atoms with Crippen molar-refractivity contribution in [2.45, 2.75) is 277 Å². The molecule has 59 heavy (non-hydrogen) atoms. The summed E-state index contributed by atoms with van der Waals surface area (Å²) in [6.07, 6.45) is 49.3. The first-order valence-corrected chi connectivity index (χ1v) is 27.0. The highest BCUT2D eigenvalue weighted by Crippen LogP contribution is 2.43. The van der Waals surface area contributed by atoms with Crippen LogP contribution in [0.1, 0.15) is 271 Å². The fraction of sp³-hybridized carbons (Fsp3) is 0.959. The van der Waals surface area contributed by atoms with Crippen molar-refractivity contribution < 1.29 is 37.6 Å². The van der Waals surface area contributed by atoms with E-state index in [0.717, 1.165) is 38.5 Å². The van der Waals surface area contributed by atoms with Crippen molar-refractivity contribution in [1.82, 2.24) is 0 Å². The molecule has 352 valence electrons. The van der Waals surface area contributed by atoms with Gasteiger partial charge in [-0.2, -0.15) is 0 Å². The minimum Gasteiger partial charge on any atom is -0.462 e. The van der Waals surface area contributed by atoms with E-state index in [-0.39, 0.29) is 38.6 Å². The number of esters is 2. The van der Waals surface area contributed by atoms with Crippen molar-refractivity contribution in [3.8, 4) is 0 Å². The third-order valence-electron chi connectivity index (χ3n) is 11.5. The van der Waals surface area contributed by atoms with Gasteiger partial charge in [-0.05, 0) is 12.8 Å². The van der Waals surface area contributed by atoms with E-state index >= 15 is 0 Å². The first-order valence-electron chi connectivity index (χ1n) is 25.5. The van der Waals surface area contributed by atoms with Crippen molar-refractivity contribution in [2.75, 3.05) is 26.4 Å². The molecule has 2 atom stereocenters. The summed E-state index contributed by atoms with van der Waals surface area (Å²) in [5.41, 5.74) is 5.34. The van der Waals surface area contributed by atoms with Gasteiger partial charge in [0.15, 0.2) is 6.10 Å². The number of carbonyl (C=O) groups is 2. The molecular weight excluding hydrogens is 762 g/mol. The van der Waals surface area contributed by atoms with Crippen molar-refractivity contribution in [3.05, 3.63) is 0 Å². The molecule has 0 fully saturated rings. The van der Waals surface area contributed by atoms with Crippen molar-refractivity contribution in [1.29, 1.82) is 0 Å². The standard InChI is InChI=1S/C49H98NO8P/c1-3-5-7-9-11-12-13-14-15-16-17-18-19-20-21-22-23-24-25-26-27-28-29-30-31-32-33-34-35-36-38-40-42-49(52)58-47(46-57-59(53,54)56-44-43-50)45-55-48(51)41-39-37-10-8-6-4-2/h47H,3-46,50H2,1-2H3,(H,53,54). The summed E-state index contributed by atoms with van der Waals surface area (Å²) in [7, 11) is -4.36. The molecule has 9 nitrogen and oxygen atoms in total. The number of nitrogens with two attached hydrogens (primary N) is 1. The van der Waals surface area contributed by atoms with E-state index in [4.69, 9.17) is 24.3 Å². The normalized spacial score (nSPS) is 13.1. The monoisotopic (exact) mass is 860 g/mol. The van der Waals surface area contributed by atoms with Gasteiger partial charge in [0.2, 0.25) is 0 Å². The minimum absolute atomic E-state index is 0.0576. The molecule has 0 aromatic heterocycles. The van der Waals surface area contributed by atoms with Gasteiger partial charge in [0.1, 0.15) is 6.61 Å². The lowest BCUT2D eigenvalue weighted by Crippen LogP contribution is -2.29. The predicted octanol–water partition coefficient (Wildman–Crippen LogP) is 15.2. The highest BCUT2D eigenvalue weighted by molar-refractivity contribution is 7.47. The SMILES string of the molecule is CCCCCCCCCCCCCCCCCCCCCCCCCCCCCCCCCCC(=O)OC(COC(=O)CCCCCCCC)COP(=O)(O)OCCN. The van der Waals surface area contributed by atoms with Crippen molar-refractivity contribution in [3.63, 3.8) is 0 Å². The van der Waals surface area contributed by atoms with Crippen LogP contribution < -0.4 is 5.73 Å². The topological polar surface area (TPSA) is 134 Å².